The van der Waals surface area contributed by atoms with Gasteiger partial charge in [0, 0.05) is 24.0 Å². The van der Waals surface area contributed by atoms with Gasteiger partial charge in [-0.25, -0.2) is 8.42 Å². The van der Waals surface area contributed by atoms with Gasteiger partial charge in [-0.15, -0.1) is 11.3 Å². The maximum atomic E-state index is 12.8. The molecule has 0 radical (unpaired) electrons. The predicted molar refractivity (Wildman–Crippen MR) is 88.4 cm³/mol. The van der Waals surface area contributed by atoms with Crippen LogP contribution in [0.4, 0.5) is 0 Å². The van der Waals surface area contributed by atoms with E-state index in [0.717, 1.165) is 30.7 Å². The van der Waals surface area contributed by atoms with Crippen molar-refractivity contribution in [1.82, 2.24) is 9.62 Å². The van der Waals surface area contributed by atoms with Crippen molar-refractivity contribution in [3.63, 3.8) is 0 Å². The van der Waals surface area contributed by atoms with Gasteiger partial charge in [-0.1, -0.05) is 20.3 Å². The molecule has 0 aliphatic carbocycles. The van der Waals surface area contributed by atoms with Crippen LogP contribution >= 0.6 is 11.3 Å². The molecule has 1 saturated heterocycles. The van der Waals surface area contributed by atoms with Crippen LogP contribution < -0.4 is 5.32 Å². The number of nitrogens with one attached hydrogen (secondary N) is 1. The van der Waals surface area contributed by atoms with Crippen LogP contribution in [0.1, 0.15) is 44.4 Å². The predicted octanol–water partition coefficient (Wildman–Crippen LogP) is 2.85. The highest BCUT2D eigenvalue weighted by molar-refractivity contribution is 7.91. The third-order valence-electron chi connectivity index (χ3n) is 3.89. The second-order valence-corrected chi connectivity index (χ2v) is 8.92. The van der Waals surface area contributed by atoms with Crippen molar-refractivity contribution in [3.8, 4) is 0 Å². The Morgan fingerprint density at radius 3 is 2.71 bits per heavy atom. The first-order valence-corrected chi connectivity index (χ1v) is 10.2. The highest BCUT2D eigenvalue weighted by Gasteiger charge is 2.28. The molecule has 0 aromatic carbocycles. The zero-order valence-corrected chi connectivity index (χ0v) is 14.6. The zero-order chi connectivity index (χ0) is 15.3. The van der Waals surface area contributed by atoms with E-state index < -0.39 is 10.0 Å². The molecule has 1 aliphatic heterocycles. The van der Waals surface area contributed by atoms with Gasteiger partial charge >= 0.3 is 0 Å². The number of thiophene rings is 1. The standard InChI is InChI=1S/C15H26N2O2S2/c1-3-11-17(12-13-7-5-6-10-16-13)21(18,19)15-9-8-14(4-2)20-15/h8-9,13,16H,3-7,10-12H2,1-2H3. The van der Waals surface area contributed by atoms with Crippen molar-refractivity contribution in [2.24, 2.45) is 0 Å². The van der Waals surface area contributed by atoms with Gasteiger partial charge < -0.3 is 5.32 Å². The van der Waals surface area contributed by atoms with Crippen LogP contribution in [0.15, 0.2) is 16.3 Å². The largest absolute Gasteiger partial charge is 0.313 e. The third kappa shape index (κ3) is 4.28. The fraction of sp³-hybridized carbons (Fsp3) is 0.733. The fourth-order valence-electron chi connectivity index (χ4n) is 2.70. The minimum atomic E-state index is -3.34. The molecule has 1 N–H and O–H groups in total. The van der Waals surface area contributed by atoms with E-state index in [0.29, 0.717) is 23.3 Å². The Morgan fingerprint density at radius 2 is 2.14 bits per heavy atom. The summed E-state index contributed by atoms with van der Waals surface area (Å²) in [6, 6.07) is 3.99. The number of rotatable bonds is 7. The average Bonchev–Trinajstić information content (AvgIpc) is 2.97. The topological polar surface area (TPSA) is 49.4 Å². The first-order valence-electron chi connectivity index (χ1n) is 7.90. The summed E-state index contributed by atoms with van der Waals surface area (Å²) in [7, 11) is -3.34. The number of hydrogen-bond donors (Lipinski definition) is 1. The lowest BCUT2D eigenvalue weighted by Gasteiger charge is -2.29. The molecule has 120 valence electrons. The monoisotopic (exact) mass is 330 g/mol. The first-order chi connectivity index (χ1) is 10.1. The molecule has 1 unspecified atom stereocenters. The lowest BCUT2D eigenvalue weighted by atomic mass is 10.1. The highest BCUT2D eigenvalue weighted by atomic mass is 32.2. The minimum Gasteiger partial charge on any atom is -0.313 e. The van der Waals surface area contributed by atoms with Crippen molar-refractivity contribution >= 4 is 21.4 Å². The number of piperidine rings is 1. The summed E-state index contributed by atoms with van der Waals surface area (Å²) in [6.45, 7) is 6.28. The fourth-order valence-corrected chi connectivity index (χ4v) is 5.73. The van der Waals surface area contributed by atoms with Crippen LogP contribution in [0.3, 0.4) is 0 Å². The Kier molecular flexibility index (Phi) is 6.22. The SMILES string of the molecule is CCCN(CC1CCCCN1)S(=O)(=O)c1ccc(CC)s1. The van der Waals surface area contributed by atoms with Crippen LogP contribution in [-0.4, -0.2) is 38.4 Å². The molecule has 1 fully saturated rings. The van der Waals surface area contributed by atoms with Gasteiger partial charge in [-0.05, 0) is 44.4 Å². The van der Waals surface area contributed by atoms with Crippen LogP contribution in [-0.2, 0) is 16.4 Å². The molecule has 2 heterocycles. The Bertz CT molecular complexity index is 534. The van der Waals surface area contributed by atoms with Crippen LogP contribution in [0.5, 0.6) is 0 Å². The van der Waals surface area contributed by atoms with E-state index in [1.807, 2.05) is 13.0 Å². The molecule has 4 nitrogen and oxygen atoms in total. The van der Waals surface area contributed by atoms with Gasteiger partial charge in [0.1, 0.15) is 4.21 Å². The van der Waals surface area contributed by atoms with E-state index in [2.05, 4.69) is 12.2 Å². The summed E-state index contributed by atoms with van der Waals surface area (Å²) in [5.41, 5.74) is 0. The van der Waals surface area contributed by atoms with Crippen molar-refractivity contribution in [2.45, 2.75) is 56.2 Å². The van der Waals surface area contributed by atoms with Crippen LogP contribution in [0, 0.1) is 0 Å². The molecular weight excluding hydrogens is 304 g/mol. The second-order valence-electron chi connectivity index (χ2n) is 5.58. The van der Waals surface area contributed by atoms with Crippen molar-refractivity contribution in [3.05, 3.63) is 17.0 Å². The number of sulfonamides is 1. The van der Waals surface area contributed by atoms with Gasteiger partial charge in [-0.2, -0.15) is 4.31 Å². The van der Waals surface area contributed by atoms with Gasteiger partial charge in [0.05, 0.1) is 0 Å². The molecule has 1 atom stereocenters. The summed E-state index contributed by atoms with van der Waals surface area (Å²) < 4.78 is 27.8. The molecule has 0 saturated carbocycles. The first kappa shape index (κ1) is 16.9. The molecule has 0 spiro atoms. The van der Waals surface area contributed by atoms with E-state index in [1.165, 1.54) is 24.2 Å². The average molecular weight is 331 g/mol. The smallest absolute Gasteiger partial charge is 0.252 e. The molecule has 0 amide bonds. The van der Waals surface area contributed by atoms with E-state index >= 15 is 0 Å². The molecule has 2 rings (SSSR count). The second kappa shape index (κ2) is 7.72. The van der Waals surface area contributed by atoms with Crippen molar-refractivity contribution in [2.75, 3.05) is 19.6 Å². The van der Waals surface area contributed by atoms with Gasteiger partial charge in [0.2, 0.25) is 0 Å². The van der Waals surface area contributed by atoms with E-state index in [1.54, 1.807) is 10.4 Å². The third-order valence-corrected chi connectivity index (χ3v) is 7.45. The number of nitrogens with zero attached hydrogens (tertiary/aromatic N) is 1. The quantitative estimate of drug-likeness (QED) is 0.836. The van der Waals surface area contributed by atoms with Crippen LogP contribution in [0.2, 0.25) is 0 Å². The number of hydrogen-bond acceptors (Lipinski definition) is 4. The molecule has 0 bridgehead atoms. The van der Waals surface area contributed by atoms with Gasteiger partial charge in [-0.3, -0.25) is 0 Å². The minimum absolute atomic E-state index is 0.297. The molecule has 1 aromatic heterocycles. The number of aryl methyl sites for hydroxylation is 1. The molecule has 6 heteroatoms. The Labute approximate surface area is 132 Å². The lowest BCUT2D eigenvalue weighted by molar-refractivity contribution is 0.313. The maximum absolute atomic E-state index is 12.8. The summed E-state index contributed by atoms with van der Waals surface area (Å²) in [5.74, 6) is 0. The van der Waals surface area contributed by atoms with Gasteiger partial charge in [0.15, 0.2) is 0 Å². The molecule has 21 heavy (non-hydrogen) atoms. The van der Waals surface area contributed by atoms with Crippen molar-refractivity contribution < 1.29 is 8.42 Å². The molecule has 1 aliphatic rings. The van der Waals surface area contributed by atoms with E-state index in [-0.39, 0.29) is 0 Å². The Morgan fingerprint density at radius 1 is 1.33 bits per heavy atom. The van der Waals surface area contributed by atoms with Gasteiger partial charge in [0.25, 0.3) is 10.0 Å². The van der Waals surface area contributed by atoms with E-state index in [4.69, 9.17) is 0 Å². The zero-order valence-electron chi connectivity index (χ0n) is 13.0. The Hall–Kier alpha value is -0.430. The summed E-state index contributed by atoms with van der Waals surface area (Å²) >= 11 is 1.41. The molecular formula is C15H26N2O2S2. The summed E-state index contributed by atoms with van der Waals surface area (Å²) in [5, 5.41) is 3.45. The summed E-state index contributed by atoms with van der Waals surface area (Å²) in [6.07, 6.45) is 5.19. The van der Waals surface area contributed by atoms with E-state index in [9.17, 15) is 8.42 Å². The van der Waals surface area contributed by atoms with Crippen molar-refractivity contribution in [1.29, 1.82) is 0 Å². The Balaban J connectivity index is 2.14. The maximum Gasteiger partial charge on any atom is 0.252 e. The normalized spacial score (nSPS) is 20.0. The highest BCUT2D eigenvalue weighted by Crippen LogP contribution is 2.26. The summed E-state index contributed by atoms with van der Waals surface area (Å²) in [4.78, 5) is 1.13. The van der Waals surface area contributed by atoms with Crippen LogP contribution in [0.25, 0.3) is 0 Å². The molecule has 1 aromatic rings. The lowest BCUT2D eigenvalue weighted by Crippen LogP contribution is -2.45.